The second-order valence-electron chi connectivity index (χ2n) is 7.68. The van der Waals surface area contributed by atoms with Gasteiger partial charge in [0.2, 0.25) is 11.8 Å². The topological polar surface area (TPSA) is 77.9 Å². The number of benzene rings is 1. The number of rotatable bonds is 4. The highest BCUT2D eigenvalue weighted by Gasteiger charge is 2.61. The predicted octanol–water partition coefficient (Wildman–Crippen LogP) is 2.52. The third-order valence-corrected chi connectivity index (χ3v) is 5.55. The van der Waals surface area contributed by atoms with Gasteiger partial charge in [0.15, 0.2) is 0 Å². The molecule has 0 bridgehead atoms. The summed E-state index contributed by atoms with van der Waals surface area (Å²) >= 11 is 0. The Labute approximate surface area is 159 Å². The Bertz CT molecular complexity index is 798. The molecule has 0 atom stereocenters. The van der Waals surface area contributed by atoms with Crippen molar-refractivity contribution in [3.8, 4) is 0 Å². The van der Waals surface area contributed by atoms with Crippen LogP contribution in [0.4, 0.5) is 13.2 Å². The lowest BCUT2D eigenvalue weighted by atomic mass is 9.65. The number of alkyl halides is 3. The van der Waals surface area contributed by atoms with Gasteiger partial charge in [0.25, 0.3) is 0 Å². The first-order valence-corrected chi connectivity index (χ1v) is 8.96. The van der Waals surface area contributed by atoms with Crippen LogP contribution in [0.1, 0.15) is 37.8 Å². The Hall–Kier alpha value is -2.58. The van der Waals surface area contributed by atoms with Gasteiger partial charge in [-0.2, -0.15) is 13.2 Å². The fraction of sp³-hybridized carbons (Fsp3) is 0.526. The van der Waals surface area contributed by atoms with Crippen molar-refractivity contribution in [3.05, 3.63) is 35.4 Å². The highest BCUT2D eigenvalue weighted by Crippen LogP contribution is 2.47. The van der Waals surface area contributed by atoms with Crippen molar-refractivity contribution in [3.63, 3.8) is 0 Å². The van der Waals surface area contributed by atoms with Gasteiger partial charge in [-0.15, -0.1) is 0 Å². The number of hydrogen-bond acceptors (Lipinski definition) is 3. The number of carbonyl (C=O) groups excluding carboxylic acids is 2. The lowest BCUT2D eigenvalue weighted by Crippen LogP contribution is -2.73. The van der Waals surface area contributed by atoms with Gasteiger partial charge in [0, 0.05) is 12.6 Å². The van der Waals surface area contributed by atoms with Gasteiger partial charge in [0.05, 0.1) is 11.5 Å². The Morgan fingerprint density at radius 1 is 1.21 bits per heavy atom. The first kappa shape index (κ1) is 20.2. The van der Waals surface area contributed by atoms with Crippen molar-refractivity contribution in [1.82, 2.24) is 9.80 Å². The van der Waals surface area contributed by atoms with Crippen molar-refractivity contribution < 1.29 is 32.7 Å². The minimum absolute atomic E-state index is 0.0107. The standard InChI is InChI=1S/C19H21F3N2O4/c1-11(2)23-10-15(25)24(18(17(23)28)7-13(8-18)16(26)27)9-12-3-5-14(6-4-12)19(20,21)22/h3-6,11,13H,7-10H2,1-2H3,(H,26,27)/t13-,18-. The minimum atomic E-state index is -4.46. The summed E-state index contributed by atoms with van der Waals surface area (Å²) in [5.74, 6) is -2.38. The van der Waals surface area contributed by atoms with E-state index >= 15 is 0 Å². The molecule has 152 valence electrons. The van der Waals surface area contributed by atoms with Crippen LogP contribution < -0.4 is 0 Å². The molecule has 1 aromatic carbocycles. The van der Waals surface area contributed by atoms with Crippen LogP contribution in [0.3, 0.4) is 0 Å². The molecule has 0 radical (unpaired) electrons. The normalized spacial score (nSPS) is 25.4. The largest absolute Gasteiger partial charge is 0.481 e. The van der Waals surface area contributed by atoms with Crippen molar-refractivity contribution >= 4 is 17.8 Å². The van der Waals surface area contributed by atoms with Crippen molar-refractivity contribution in [2.45, 2.75) is 51.0 Å². The molecule has 1 heterocycles. The molecule has 9 heteroatoms. The number of nitrogens with zero attached hydrogens (tertiary/aromatic N) is 2. The van der Waals surface area contributed by atoms with E-state index in [0.29, 0.717) is 5.56 Å². The van der Waals surface area contributed by atoms with Crippen molar-refractivity contribution in [1.29, 1.82) is 0 Å². The van der Waals surface area contributed by atoms with E-state index in [4.69, 9.17) is 0 Å². The molecule has 3 rings (SSSR count). The quantitative estimate of drug-likeness (QED) is 0.846. The van der Waals surface area contributed by atoms with E-state index in [1.165, 1.54) is 21.9 Å². The molecule has 2 fully saturated rings. The van der Waals surface area contributed by atoms with Crippen LogP contribution in [0.25, 0.3) is 0 Å². The first-order chi connectivity index (χ1) is 13.0. The van der Waals surface area contributed by atoms with Gasteiger partial charge in [-0.3, -0.25) is 14.4 Å². The van der Waals surface area contributed by atoms with E-state index in [2.05, 4.69) is 0 Å². The predicted molar refractivity (Wildman–Crippen MR) is 91.9 cm³/mol. The number of carbonyl (C=O) groups is 3. The zero-order chi connectivity index (χ0) is 20.9. The fourth-order valence-electron chi connectivity index (χ4n) is 3.89. The van der Waals surface area contributed by atoms with Gasteiger partial charge < -0.3 is 14.9 Å². The van der Waals surface area contributed by atoms with E-state index in [9.17, 15) is 32.7 Å². The third kappa shape index (κ3) is 3.33. The number of amides is 2. The third-order valence-electron chi connectivity index (χ3n) is 5.55. The monoisotopic (exact) mass is 398 g/mol. The number of aliphatic carboxylic acids is 1. The summed E-state index contributed by atoms with van der Waals surface area (Å²) in [5.41, 5.74) is -1.59. The van der Waals surface area contributed by atoms with E-state index in [0.717, 1.165) is 12.1 Å². The van der Waals surface area contributed by atoms with Gasteiger partial charge in [-0.1, -0.05) is 12.1 Å². The second-order valence-corrected chi connectivity index (χ2v) is 7.68. The van der Waals surface area contributed by atoms with Crippen LogP contribution in [0.5, 0.6) is 0 Å². The summed E-state index contributed by atoms with van der Waals surface area (Å²) in [6, 6.07) is 4.19. The molecule has 0 aromatic heterocycles. The summed E-state index contributed by atoms with van der Waals surface area (Å²) in [6.45, 7) is 3.38. The average molecular weight is 398 g/mol. The SMILES string of the molecule is CC(C)N1CC(=O)N(Cc2ccc(C(F)(F)F)cc2)[C@]2(C[C@H](C(=O)O)C2)C1=O. The smallest absolute Gasteiger partial charge is 0.416 e. The van der Waals surface area contributed by atoms with Crippen molar-refractivity contribution in [2.75, 3.05) is 6.54 Å². The van der Waals surface area contributed by atoms with E-state index < -0.39 is 29.2 Å². The number of hydrogen-bond donors (Lipinski definition) is 1. The highest BCUT2D eigenvalue weighted by atomic mass is 19.4. The molecular formula is C19H21F3N2O4. The Balaban J connectivity index is 1.88. The van der Waals surface area contributed by atoms with Crippen LogP contribution >= 0.6 is 0 Å². The molecule has 2 amide bonds. The minimum Gasteiger partial charge on any atom is -0.481 e. The molecule has 1 saturated carbocycles. The maximum Gasteiger partial charge on any atom is 0.416 e. The van der Waals surface area contributed by atoms with E-state index in [1.807, 2.05) is 0 Å². The van der Waals surface area contributed by atoms with Crippen LogP contribution in [0, 0.1) is 5.92 Å². The van der Waals surface area contributed by atoms with Crippen LogP contribution in [-0.4, -0.2) is 50.8 Å². The molecule has 1 spiro atoms. The number of carboxylic acid groups (broad SMARTS) is 1. The molecule has 0 unspecified atom stereocenters. The average Bonchev–Trinajstić information content (AvgIpc) is 2.55. The number of piperazine rings is 1. The maximum atomic E-state index is 13.1. The number of carboxylic acids is 1. The molecule has 1 saturated heterocycles. The molecule has 2 aliphatic rings. The molecule has 1 aliphatic heterocycles. The molecule has 6 nitrogen and oxygen atoms in total. The summed E-state index contributed by atoms with van der Waals surface area (Å²) in [7, 11) is 0. The second kappa shape index (κ2) is 6.79. The van der Waals surface area contributed by atoms with Gasteiger partial charge >= 0.3 is 12.1 Å². The Morgan fingerprint density at radius 2 is 1.79 bits per heavy atom. The first-order valence-electron chi connectivity index (χ1n) is 8.96. The van der Waals surface area contributed by atoms with E-state index in [-0.39, 0.29) is 43.8 Å². The Kier molecular flexibility index (Phi) is 4.89. The van der Waals surface area contributed by atoms with Crippen LogP contribution in [0.15, 0.2) is 24.3 Å². The van der Waals surface area contributed by atoms with Crippen LogP contribution in [0.2, 0.25) is 0 Å². The van der Waals surface area contributed by atoms with Gasteiger partial charge in [-0.25, -0.2) is 0 Å². The fourth-order valence-corrected chi connectivity index (χ4v) is 3.89. The van der Waals surface area contributed by atoms with Crippen molar-refractivity contribution in [2.24, 2.45) is 5.92 Å². The molecular weight excluding hydrogens is 377 g/mol. The lowest BCUT2D eigenvalue weighted by Gasteiger charge is -2.56. The maximum absolute atomic E-state index is 13.1. The van der Waals surface area contributed by atoms with E-state index in [1.54, 1.807) is 13.8 Å². The molecule has 1 N–H and O–H groups in total. The van der Waals surface area contributed by atoms with Gasteiger partial charge in [-0.05, 0) is 44.4 Å². The molecule has 1 aliphatic carbocycles. The summed E-state index contributed by atoms with van der Waals surface area (Å²) in [4.78, 5) is 39.9. The zero-order valence-electron chi connectivity index (χ0n) is 15.5. The van der Waals surface area contributed by atoms with Gasteiger partial charge in [0.1, 0.15) is 12.1 Å². The Morgan fingerprint density at radius 3 is 2.25 bits per heavy atom. The summed E-state index contributed by atoms with van der Waals surface area (Å²) in [5, 5.41) is 9.22. The summed E-state index contributed by atoms with van der Waals surface area (Å²) in [6.07, 6.45) is -4.44. The van der Waals surface area contributed by atoms with Crippen LogP contribution in [-0.2, 0) is 27.1 Å². The lowest BCUT2D eigenvalue weighted by molar-refractivity contribution is -0.183. The molecule has 28 heavy (non-hydrogen) atoms. The number of halogens is 3. The highest BCUT2D eigenvalue weighted by molar-refractivity contribution is 6.00. The summed E-state index contributed by atoms with van der Waals surface area (Å²) < 4.78 is 38.2. The zero-order valence-corrected chi connectivity index (χ0v) is 15.5. The molecule has 1 aromatic rings.